The monoisotopic (exact) mass is 291 g/mol. The third-order valence-corrected chi connectivity index (χ3v) is 5.91. The molecule has 3 fully saturated rings. The number of aliphatic carboxylic acids is 1. The summed E-state index contributed by atoms with van der Waals surface area (Å²) in [5, 5.41) is 9.32. The molecule has 3 aliphatic rings. The van der Waals surface area contributed by atoms with E-state index in [0.29, 0.717) is 6.42 Å². The molecule has 0 bridgehead atoms. The average Bonchev–Trinajstić information content (AvgIpc) is 3.28. The van der Waals surface area contributed by atoms with Crippen molar-refractivity contribution in [3.05, 3.63) is 11.1 Å². The van der Waals surface area contributed by atoms with Crippen molar-refractivity contribution in [3.63, 3.8) is 0 Å². The summed E-state index contributed by atoms with van der Waals surface area (Å²) in [6.07, 6.45) is 11.4. The first-order chi connectivity index (χ1) is 10.0. The summed E-state index contributed by atoms with van der Waals surface area (Å²) in [4.78, 5) is 11.3. The van der Waals surface area contributed by atoms with Crippen LogP contribution in [0.15, 0.2) is 11.1 Å². The minimum Gasteiger partial charge on any atom is -0.480 e. The van der Waals surface area contributed by atoms with Crippen molar-refractivity contribution >= 4 is 5.97 Å². The number of nitrogens with two attached hydrogens (primary N) is 1. The van der Waals surface area contributed by atoms with Crippen LogP contribution in [0.4, 0.5) is 0 Å². The number of carboxylic acid groups (broad SMARTS) is 1. The molecule has 0 heterocycles. The quantitative estimate of drug-likeness (QED) is 0.500. The Balaban J connectivity index is 1.31. The van der Waals surface area contributed by atoms with Crippen LogP contribution >= 0.6 is 0 Å². The number of unbranched alkanes of at least 4 members (excludes halogenated alkanes) is 2. The van der Waals surface area contributed by atoms with Crippen molar-refractivity contribution in [2.24, 2.45) is 23.5 Å². The molecule has 2 unspecified atom stereocenters. The second kappa shape index (κ2) is 5.75. The molecule has 0 aliphatic heterocycles. The third-order valence-electron chi connectivity index (χ3n) is 5.91. The molecule has 3 N–H and O–H groups in total. The second-order valence-corrected chi connectivity index (χ2v) is 7.61. The van der Waals surface area contributed by atoms with Gasteiger partial charge in [-0.05, 0) is 69.6 Å². The molecule has 0 aromatic carbocycles. The molecule has 0 radical (unpaired) electrons. The van der Waals surface area contributed by atoms with Gasteiger partial charge in [0, 0.05) is 0 Å². The van der Waals surface area contributed by atoms with Gasteiger partial charge in [0.2, 0.25) is 0 Å². The van der Waals surface area contributed by atoms with Crippen LogP contribution in [0.25, 0.3) is 0 Å². The van der Waals surface area contributed by atoms with Gasteiger partial charge < -0.3 is 10.8 Å². The predicted octanol–water partition coefficient (Wildman–Crippen LogP) is 3.88. The highest BCUT2D eigenvalue weighted by atomic mass is 16.4. The predicted molar refractivity (Wildman–Crippen MR) is 83.9 cm³/mol. The Hall–Kier alpha value is -0.830. The summed E-state index contributed by atoms with van der Waals surface area (Å²) >= 11 is 0. The smallest absolute Gasteiger partial charge is 0.323 e. The van der Waals surface area contributed by atoms with E-state index in [1.807, 2.05) is 0 Å². The first-order valence-corrected chi connectivity index (χ1v) is 8.73. The van der Waals surface area contributed by atoms with E-state index < -0.39 is 11.5 Å². The largest absolute Gasteiger partial charge is 0.480 e. The standard InChI is InChI=1S/C18H29NO2/c1-12(13-6-7-13)16-11-14(16)5-3-2-4-10-18(19,17(20)21)15-8-9-15/h14-16H,2-11,19H2,1H3,(H,20,21)/t14?,16?,18-/m1/s1. The molecular formula is C18H29NO2. The molecule has 0 aromatic rings. The lowest BCUT2D eigenvalue weighted by atomic mass is 9.88. The topological polar surface area (TPSA) is 63.3 Å². The number of hydrogen-bond donors (Lipinski definition) is 2. The number of carbonyl (C=O) groups is 1. The highest BCUT2D eigenvalue weighted by Gasteiger charge is 2.47. The lowest BCUT2D eigenvalue weighted by molar-refractivity contribution is -0.144. The lowest BCUT2D eigenvalue weighted by Crippen LogP contribution is -2.50. The zero-order chi connectivity index (χ0) is 15.0. The fourth-order valence-electron chi connectivity index (χ4n) is 3.90. The third kappa shape index (κ3) is 3.50. The molecule has 3 saturated carbocycles. The molecule has 118 valence electrons. The van der Waals surface area contributed by atoms with Gasteiger partial charge in [0.05, 0.1) is 0 Å². The van der Waals surface area contributed by atoms with Gasteiger partial charge in [-0.2, -0.15) is 0 Å². The van der Waals surface area contributed by atoms with E-state index in [2.05, 4.69) is 6.92 Å². The number of hydrogen-bond acceptors (Lipinski definition) is 2. The number of carboxylic acids is 1. The van der Waals surface area contributed by atoms with Gasteiger partial charge in [-0.3, -0.25) is 4.79 Å². The molecule has 3 aliphatic carbocycles. The van der Waals surface area contributed by atoms with E-state index >= 15 is 0 Å². The SMILES string of the molecule is CC(=C1CC1)C1CC1CCCCC[C@](N)(C(=O)O)C1CC1. The molecule has 0 saturated heterocycles. The normalized spacial score (nSPS) is 29.9. The van der Waals surface area contributed by atoms with E-state index in [1.54, 1.807) is 11.1 Å². The van der Waals surface area contributed by atoms with Crippen LogP contribution in [-0.2, 0) is 4.79 Å². The van der Waals surface area contributed by atoms with Crippen LogP contribution in [0.1, 0.15) is 71.1 Å². The summed E-state index contributed by atoms with van der Waals surface area (Å²) in [5.41, 5.74) is 8.58. The minimum atomic E-state index is -0.935. The first-order valence-electron chi connectivity index (χ1n) is 8.73. The highest BCUT2D eigenvalue weighted by molar-refractivity contribution is 5.79. The van der Waals surface area contributed by atoms with Crippen LogP contribution in [0.5, 0.6) is 0 Å². The van der Waals surface area contributed by atoms with Crippen LogP contribution in [0.2, 0.25) is 0 Å². The summed E-state index contributed by atoms with van der Waals surface area (Å²) in [7, 11) is 0. The molecule has 3 rings (SSSR count). The molecule has 21 heavy (non-hydrogen) atoms. The Morgan fingerprint density at radius 2 is 2.00 bits per heavy atom. The van der Waals surface area contributed by atoms with Gasteiger partial charge in [0.25, 0.3) is 0 Å². The maximum atomic E-state index is 11.3. The van der Waals surface area contributed by atoms with Gasteiger partial charge in [-0.25, -0.2) is 0 Å². The summed E-state index contributed by atoms with van der Waals surface area (Å²) in [6.45, 7) is 2.33. The van der Waals surface area contributed by atoms with Crippen molar-refractivity contribution in [1.82, 2.24) is 0 Å². The second-order valence-electron chi connectivity index (χ2n) is 7.61. The van der Waals surface area contributed by atoms with Crippen molar-refractivity contribution in [3.8, 4) is 0 Å². The van der Waals surface area contributed by atoms with E-state index in [4.69, 9.17) is 5.73 Å². The Kier molecular flexibility index (Phi) is 4.13. The van der Waals surface area contributed by atoms with Crippen LogP contribution in [-0.4, -0.2) is 16.6 Å². The van der Waals surface area contributed by atoms with Crippen molar-refractivity contribution < 1.29 is 9.90 Å². The fraction of sp³-hybridized carbons (Fsp3) is 0.833. The molecule has 0 aromatic heterocycles. The van der Waals surface area contributed by atoms with Crippen LogP contribution in [0.3, 0.4) is 0 Å². The van der Waals surface area contributed by atoms with Crippen molar-refractivity contribution in [1.29, 1.82) is 0 Å². The van der Waals surface area contributed by atoms with Gasteiger partial charge in [0.15, 0.2) is 0 Å². The van der Waals surface area contributed by atoms with E-state index in [1.165, 1.54) is 32.1 Å². The van der Waals surface area contributed by atoms with Gasteiger partial charge >= 0.3 is 5.97 Å². The Bertz CT molecular complexity index is 446. The summed E-state index contributed by atoms with van der Waals surface area (Å²) < 4.78 is 0. The average molecular weight is 291 g/mol. The van der Waals surface area contributed by atoms with E-state index in [0.717, 1.165) is 37.5 Å². The minimum absolute atomic E-state index is 0.232. The summed E-state index contributed by atoms with van der Waals surface area (Å²) in [5.74, 6) is 1.25. The van der Waals surface area contributed by atoms with E-state index in [-0.39, 0.29) is 5.92 Å². The Labute approximate surface area is 128 Å². The molecular weight excluding hydrogens is 262 g/mol. The Morgan fingerprint density at radius 1 is 1.29 bits per heavy atom. The summed E-state index contributed by atoms with van der Waals surface area (Å²) in [6, 6.07) is 0. The highest BCUT2D eigenvalue weighted by Crippen LogP contribution is 2.51. The lowest BCUT2D eigenvalue weighted by Gasteiger charge is -2.24. The molecule has 0 spiro atoms. The fourth-order valence-corrected chi connectivity index (χ4v) is 3.90. The first kappa shape index (κ1) is 15.1. The van der Waals surface area contributed by atoms with Gasteiger partial charge in [-0.15, -0.1) is 0 Å². The zero-order valence-corrected chi connectivity index (χ0v) is 13.2. The number of rotatable bonds is 9. The van der Waals surface area contributed by atoms with E-state index in [9.17, 15) is 9.90 Å². The van der Waals surface area contributed by atoms with Crippen molar-refractivity contribution in [2.75, 3.05) is 0 Å². The van der Waals surface area contributed by atoms with Crippen LogP contribution in [0, 0.1) is 17.8 Å². The molecule has 3 atom stereocenters. The maximum Gasteiger partial charge on any atom is 0.323 e. The van der Waals surface area contributed by atoms with Gasteiger partial charge in [-0.1, -0.05) is 30.4 Å². The molecule has 3 heteroatoms. The zero-order valence-electron chi connectivity index (χ0n) is 13.2. The van der Waals surface area contributed by atoms with Crippen LogP contribution < -0.4 is 5.73 Å². The van der Waals surface area contributed by atoms with Gasteiger partial charge in [0.1, 0.15) is 5.54 Å². The Morgan fingerprint density at radius 3 is 2.57 bits per heavy atom. The maximum absolute atomic E-state index is 11.3. The molecule has 0 amide bonds. The number of allylic oxidation sites excluding steroid dienone is 2. The molecule has 3 nitrogen and oxygen atoms in total. The van der Waals surface area contributed by atoms with Crippen molar-refractivity contribution in [2.45, 2.75) is 76.7 Å².